The van der Waals surface area contributed by atoms with Gasteiger partial charge in [-0.3, -0.25) is 0 Å². The second-order valence-corrected chi connectivity index (χ2v) is 23.5. The van der Waals surface area contributed by atoms with Crippen LogP contribution < -0.4 is 15.6 Å². The molecule has 0 radical (unpaired) electrons. The third-order valence-electron chi connectivity index (χ3n) is 13.7. The van der Waals surface area contributed by atoms with Crippen LogP contribution >= 0.6 is 37.2 Å². The molecular formula is C66H60Cl3SiTi. The van der Waals surface area contributed by atoms with Crippen molar-refractivity contribution in [2.75, 3.05) is 0 Å². The summed E-state index contributed by atoms with van der Waals surface area (Å²) in [7, 11) is -3.18. The second-order valence-electron chi connectivity index (χ2n) is 18.8. The molecule has 71 heavy (non-hydrogen) atoms. The van der Waals surface area contributed by atoms with Crippen molar-refractivity contribution < 1.29 is 20.4 Å². The fraction of sp³-hybridized carbons (Fsp3) is 0.121. The molecule has 0 aliphatic heterocycles. The average Bonchev–Trinajstić information content (AvgIpc) is 3.70. The Balaban J connectivity index is 0.00000247. The molecular weight excluding hydrogens is 975 g/mol. The minimum atomic E-state index is -3.18. The van der Waals surface area contributed by atoms with Crippen LogP contribution in [-0.4, -0.2) is 8.07 Å². The van der Waals surface area contributed by atoms with Crippen LogP contribution in [0.2, 0.25) is 0 Å². The van der Waals surface area contributed by atoms with Crippen LogP contribution in [0.1, 0.15) is 80.1 Å². The molecule has 1 aliphatic carbocycles. The van der Waals surface area contributed by atoms with E-state index in [1.807, 2.05) is 0 Å². The molecule has 0 atom stereocenters. The summed E-state index contributed by atoms with van der Waals surface area (Å²) in [6, 6.07) is 89.8. The molecule has 0 saturated heterocycles. The van der Waals surface area contributed by atoms with E-state index in [0.717, 1.165) is 44.9 Å². The van der Waals surface area contributed by atoms with Gasteiger partial charge in [0.25, 0.3) is 0 Å². The van der Waals surface area contributed by atoms with Crippen LogP contribution in [0.3, 0.4) is 0 Å². The minimum Gasteiger partial charge on any atom is -0.147 e. The topological polar surface area (TPSA) is 0 Å². The third kappa shape index (κ3) is 12.8. The first kappa shape index (κ1) is 53.1. The molecule has 0 spiro atoms. The largest absolute Gasteiger partial charge is 0.147 e. The minimum absolute atomic E-state index is 0. The maximum Gasteiger partial charge on any atom is -0.147 e. The number of hydrogen-bond acceptors (Lipinski definition) is 0. The van der Waals surface area contributed by atoms with Gasteiger partial charge in [0.15, 0.2) is 0 Å². The Morgan fingerprint density at radius 2 is 0.521 bits per heavy atom. The van der Waals surface area contributed by atoms with Crippen LogP contribution in [0.25, 0.3) is 0 Å². The summed E-state index contributed by atoms with van der Waals surface area (Å²) in [5, 5.41) is 5.91. The number of benzene rings is 9. The van der Waals surface area contributed by atoms with E-state index in [0.29, 0.717) is 0 Å². The van der Waals surface area contributed by atoms with E-state index in [9.17, 15) is 0 Å². The van der Waals surface area contributed by atoms with Crippen molar-refractivity contribution in [1.29, 1.82) is 0 Å². The van der Waals surface area contributed by atoms with Crippen LogP contribution in [0.15, 0.2) is 257 Å². The normalized spacial score (nSPS) is 12.0. The van der Waals surface area contributed by atoms with Crippen molar-refractivity contribution in [1.82, 2.24) is 0 Å². The summed E-state index contributed by atoms with van der Waals surface area (Å²) < 4.78 is 1.47. The van der Waals surface area contributed by atoms with Gasteiger partial charge in [0.1, 0.15) is 0 Å². The number of allylic oxidation sites excluding steroid dienone is 4. The molecule has 0 nitrogen and oxygen atoms in total. The van der Waals surface area contributed by atoms with E-state index < -0.39 is 8.07 Å². The molecule has 0 bridgehead atoms. The molecule has 0 heterocycles. The van der Waals surface area contributed by atoms with E-state index in [1.165, 1.54) is 97.0 Å². The standard InChI is InChI=1S/C66H57Si.3ClH.Ti/c1-50-21-20-34-66(50)67(63-44-57(35-51-22-8-2-9-23-51)41-58(45-63)36-52-24-10-3-11-25-52,64-46-59(37-53-26-12-4-13-27-53)42-60(47-64)38-54-28-14-5-15-29-54)65-48-61(39-55-30-16-6-17-31-55)43-62(49-65)40-56-32-18-7-19-33-56;;;;/h2-19,22-34,41-49H,20,35-40H2,1H3;3*1H;. The fourth-order valence-electron chi connectivity index (χ4n) is 10.6. The summed E-state index contributed by atoms with van der Waals surface area (Å²) in [5.74, 6) is 0. The predicted molar refractivity (Wildman–Crippen MR) is 307 cm³/mol. The molecule has 1 aliphatic rings. The van der Waals surface area contributed by atoms with E-state index in [-0.39, 0.29) is 37.2 Å². The first-order valence-corrected chi connectivity index (χ1v) is 27.0. The molecule has 5 heteroatoms. The molecule has 0 saturated carbocycles. The molecule has 10 rings (SSSR count). The zero-order valence-electron chi connectivity index (χ0n) is 40.3. The van der Waals surface area contributed by atoms with Crippen molar-refractivity contribution in [3.05, 3.63) is 324 Å². The van der Waals surface area contributed by atoms with Crippen LogP contribution in [-0.2, 0) is 59.0 Å². The Labute approximate surface area is 453 Å². The Morgan fingerprint density at radius 3 is 0.704 bits per heavy atom. The number of hydrogen-bond donors (Lipinski definition) is 0. The molecule has 353 valence electrons. The summed E-state index contributed by atoms with van der Waals surface area (Å²) in [6.07, 6.45) is 8.82. The van der Waals surface area contributed by atoms with Crippen molar-refractivity contribution in [2.24, 2.45) is 0 Å². The predicted octanol–water partition coefficient (Wildman–Crippen LogP) is 14.7. The monoisotopic (exact) mass is 1030 g/mol. The molecule has 0 N–H and O–H groups in total. The van der Waals surface area contributed by atoms with Gasteiger partial charge in [-0.25, -0.2) is 0 Å². The fourth-order valence-corrected chi connectivity index (χ4v) is 16.6. The third-order valence-corrected chi connectivity index (χ3v) is 19.5. The summed E-state index contributed by atoms with van der Waals surface area (Å²) in [4.78, 5) is 0. The summed E-state index contributed by atoms with van der Waals surface area (Å²) in [5.41, 5.74) is 17.6. The Morgan fingerprint density at radius 1 is 0.310 bits per heavy atom. The Bertz CT molecular complexity index is 2700. The van der Waals surface area contributed by atoms with E-state index in [1.54, 1.807) is 0 Å². The summed E-state index contributed by atoms with van der Waals surface area (Å²) >= 11 is 2.37. The maximum absolute atomic E-state index is 3.18. The van der Waals surface area contributed by atoms with Gasteiger partial charge >= 0.3 is 420 Å². The van der Waals surface area contributed by atoms with Crippen molar-refractivity contribution >= 4 is 60.9 Å². The zero-order chi connectivity index (χ0) is 46.1. The smallest absolute Gasteiger partial charge is 0.147 e. The van der Waals surface area contributed by atoms with Crippen molar-refractivity contribution in [3.8, 4) is 0 Å². The summed E-state index contributed by atoms with van der Waals surface area (Å²) in [6.45, 7) is 2.42. The molecule has 0 aromatic heterocycles. The van der Waals surface area contributed by atoms with Crippen LogP contribution in [0.5, 0.6) is 0 Å². The number of halogens is 3. The second kappa shape index (κ2) is 25.1. The quantitative estimate of drug-likeness (QED) is 0.0668. The molecule has 0 amide bonds. The maximum atomic E-state index is 2.64. The SMILES string of the molecule is CC1=[C]([Ti])CC=C1[Si](c1cc(Cc2ccccc2)cc(Cc2ccccc2)c1)(c1cc(Cc2ccccc2)cc(Cc2ccccc2)c1)c1cc(Cc2ccccc2)cc(Cc2ccccc2)c1.Cl.Cl.Cl. The van der Waals surface area contributed by atoms with E-state index in [2.05, 4.69) is 270 Å². The van der Waals surface area contributed by atoms with Gasteiger partial charge in [-0.15, -0.1) is 37.2 Å². The zero-order valence-corrected chi connectivity index (χ0v) is 45.3. The molecule has 9 aromatic carbocycles. The Hall–Kier alpha value is -5.74. The molecule has 0 fully saturated rings. The molecule has 9 aromatic rings. The van der Waals surface area contributed by atoms with Crippen LogP contribution in [0, 0.1) is 0 Å². The van der Waals surface area contributed by atoms with Gasteiger partial charge < -0.3 is 0 Å². The van der Waals surface area contributed by atoms with Crippen molar-refractivity contribution in [3.63, 3.8) is 0 Å². The average molecular weight is 1040 g/mol. The first-order valence-electron chi connectivity index (χ1n) is 24.2. The van der Waals surface area contributed by atoms with Gasteiger partial charge in [0, 0.05) is 0 Å². The Kier molecular flexibility index (Phi) is 18.7. The first-order chi connectivity index (χ1) is 33.4. The van der Waals surface area contributed by atoms with Crippen molar-refractivity contribution in [2.45, 2.75) is 51.9 Å². The van der Waals surface area contributed by atoms with Gasteiger partial charge in [-0.05, 0) is 0 Å². The van der Waals surface area contributed by atoms with Gasteiger partial charge in [0.05, 0.1) is 0 Å². The number of rotatable bonds is 16. The van der Waals surface area contributed by atoms with Crippen LogP contribution in [0.4, 0.5) is 0 Å². The van der Waals surface area contributed by atoms with Gasteiger partial charge in [-0.2, -0.15) is 0 Å². The van der Waals surface area contributed by atoms with Gasteiger partial charge in [0.2, 0.25) is 0 Å². The van der Waals surface area contributed by atoms with E-state index in [4.69, 9.17) is 0 Å². The van der Waals surface area contributed by atoms with E-state index >= 15 is 0 Å². The molecule has 0 unspecified atom stereocenters. The van der Waals surface area contributed by atoms with Gasteiger partial charge in [-0.1, -0.05) is 0 Å².